The number of carbonyl (C=O) groups is 1. The monoisotopic (exact) mass is 340 g/mol. The molecule has 1 aromatic heterocycles. The highest BCUT2D eigenvalue weighted by molar-refractivity contribution is 9.10. The highest BCUT2D eigenvalue weighted by atomic mass is 79.9. The summed E-state index contributed by atoms with van der Waals surface area (Å²) in [5.74, 6) is -0.140. The van der Waals surface area contributed by atoms with Crippen LogP contribution in [0.25, 0.3) is 10.9 Å². The van der Waals surface area contributed by atoms with Crippen molar-refractivity contribution in [2.24, 2.45) is 0 Å². The molecule has 0 radical (unpaired) electrons. The first-order valence-electron chi connectivity index (χ1n) is 6.22. The number of carbonyl (C=O) groups excluding carboxylic acids is 1. The number of nitrogens with zero attached hydrogens (tertiary/aromatic N) is 1. The Kier molecular flexibility index (Phi) is 4.80. The smallest absolute Gasteiger partial charge is 0.255 e. The van der Waals surface area contributed by atoms with E-state index >= 15 is 0 Å². The number of hydrogen-bond donors (Lipinski definition) is 2. The van der Waals surface area contributed by atoms with E-state index in [1.807, 2.05) is 18.2 Å². The molecule has 0 fully saturated rings. The van der Waals surface area contributed by atoms with Gasteiger partial charge >= 0.3 is 0 Å². The molecule has 108 valence electrons. The van der Waals surface area contributed by atoms with Gasteiger partial charge in [0, 0.05) is 42.3 Å². The molecular formula is C14H17BrN2O3. The number of aliphatic hydroxyl groups is 1. The van der Waals surface area contributed by atoms with Gasteiger partial charge in [0.25, 0.3) is 5.91 Å². The van der Waals surface area contributed by atoms with Crippen LogP contribution < -0.4 is 0 Å². The molecule has 0 saturated carbocycles. The van der Waals surface area contributed by atoms with Crippen LogP contribution >= 0.6 is 15.9 Å². The Morgan fingerprint density at radius 3 is 3.00 bits per heavy atom. The molecule has 2 aromatic rings. The van der Waals surface area contributed by atoms with Crippen molar-refractivity contribution >= 4 is 32.7 Å². The lowest BCUT2D eigenvalue weighted by atomic mass is 10.1. The fraction of sp³-hybridized carbons (Fsp3) is 0.357. The second kappa shape index (κ2) is 6.39. The van der Waals surface area contributed by atoms with E-state index in [-0.39, 0.29) is 19.1 Å². The lowest BCUT2D eigenvalue weighted by Gasteiger charge is -2.20. The average Bonchev–Trinajstić information content (AvgIpc) is 2.83. The molecule has 1 aromatic carbocycles. The third-order valence-electron chi connectivity index (χ3n) is 3.08. The molecule has 1 heterocycles. The number of hydrogen-bond acceptors (Lipinski definition) is 3. The number of aliphatic hydroxyl groups excluding tert-OH is 1. The Morgan fingerprint density at radius 2 is 2.30 bits per heavy atom. The molecule has 0 spiro atoms. The minimum absolute atomic E-state index is 0.140. The van der Waals surface area contributed by atoms with E-state index in [0.29, 0.717) is 5.56 Å². The molecule has 2 N–H and O–H groups in total. The number of ether oxygens (including phenoxy) is 1. The van der Waals surface area contributed by atoms with Crippen molar-refractivity contribution in [3.63, 3.8) is 0 Å². The number of nitrogens with one attached hydrogen (secondary N) is 1. The van der Waals surface area contributed by atoms with Gasteiger partial charge in [-0.05, 0) is 12.1 Å². The maximum atomic E-state index is 12.4. The van der Waals surface area contributed by atoms with Crippen molar-refractivity contribution < 1.29 is 14.6 Å². The maximum Gasteiger partial charge on any atom is 0.255 e. The van der Waals surface area contributed by atoms with Crippen LogP contribution in [0, 0.1) is 0 Å². The Labute approximate surface area is 125 Å². The van der Waals surface area contributed by atoms with E-state index in [9.17, 15) is 9.90 Å². The highest BCUT2D eigenvalue weighted by Gasteiger charge is 2.19. The molecule has 0 bridgehead atoms. The van der Waals surface area contributed by atoms with Crippen LogP contribution in [-0.4, -0.2) is 54.3 Å². The first-order valence-corrected chi connectivity index (χ1v) is 7.02. The number of likely N-dealkylation sites (N-methyl/N-ethyl adjacent to an activating group) is 1. The molecular weight excluding hydrogens is 324 g/mol. The van der Waals surface area contributed by atoms with Crippen LogP contribution in [0.4, 0.5) is 0 Å². The summed E-state index contributed by atoms with van der Waals surface area (Å²) in [5, 5.41) is 10.6. The first kappa shape index (κ1) is 15.0. The number of amides is 1. The zero-order valence-corrected chi connectivity index (χ0v) is 13.0. The van der Waals surface area contributed by atoms with E-state index in [4.69, 9.17) is 4.74 Å². The molecule has 0 aliphatic carbocycles. The number of fused-ring (bicyclic) bond motifs is 1. The highest BCUT2D eigenvalue weighted by Crippen LogP contribution is 2.27. The minimum atomic E-state index is -0.692. The van der Waals surface area contributed by atoms with Crippen LogP contribution in [0.2, 0.25) is 0 Å². The summed E-state index contributed by atoms with van der Waals surface area (Å²) < 4.78 is 5.73. The topological polar surface area (TPSA) is 65.6 Å². The Morgan fingerprint density at radius 1 is 1.55 bits per heavy atom. The number of aromatic amines is 1. The number of methoxy groups -OCH3 is 1. The Bertz CT molecular complexity index is 611. The van der Waals surface area contributed by atoms with Crippen molar-refractivity contribution in [2.75, 3.05) is 27.3 Å². The Balaban J connectivity index is 2.23. The van der Waals surface area contributed by atoms with Gasteiger partial charge in [0.1, 0.15) is 0 Å². The summed E-state index contributed by atoms with van der Waals surface area (Å²) >= 11 is 3.46. The number of rotatable bonds is 5. The van der Waals surface area contributed by atoms with Gasteiger partial charge < -0.3 is 19.7 Å². The van der Waals surface area contributed by atoms with Crippen molar-refractivity contribution in [1.29, 1.82) is 0 Å². The van der Waals surface area contributed by atoms with Gasteiger partial charge in [-0.15, -0.1) is 0 Å². The summed E-state index contributed by atoms with van der Waals surface area (Å²) in [7, 11) is 3.18. The Hall–Kier alpha value is -1.37. The van der Waals surface area contributed by atoms with E-state index < -0.39 is 6.10 Å². The largest absolute Gasteiger partial charge is 0.389 e. The van der Waals surface area contributed by atoms with Crippen LogP contribution in [-0.2, 0) is 4.74 Å². The summed E-state index contributed by atoms with van der Waals surface area (Å²) in [6.07, 6.45) is 0.999. The summed E-state index contributed by atoms with van der Waals surface area (Å²) in [5.41, 5.74) is 1.48. The quantitative estimate of drug-likeness (QED) is 0.874. The summed E-state index contributed by atoms with van der Waals surface area (Å²) in [6, 6.07) is 5.71. The molecule has 0 aliphatic heterocycles. The number of aromatic nitrogens is 1. The molecule has 5 nitrogen and oxygen atoms in total. The first-order chi connectivity index (χ1) is 9.54. The van der Waals surface area contributed by atoms with E-state index in [0.717, 1.165) is 15.4 Å². The third-order valence-corrected chi connectivity index (χ3v) is 3.74. The van der Waals surface area contributed by atoms with Gasteiger partial charge in [-0.25, -0.2) is 0 Å². The van der Waals surface area contributed by atoms with Gasteiger partial charge in [0.15, 0.2) is 0 Å². The third kappa shape index (κ3) is 3.03. The van der Waals surface area contributed by atoms with Gasteiger partial charge in [0.05, 0.1) is 18.3 Å². The molecule has 0 saturated heterocycles. The molecule has 2 rings (SSSR count). The van der Waals surface area contributed by atoms with Gasteiger partial charge in [-0.3, -0.25) is 4.79 Å². The number of H-pyrrole nitrogens is 1. The second-order valence-corrected chi connectivity index (χ2v) is 5.51. The fourth-order valence-electron chi connectivity index (χ4n) is 2.16. The van der Waals surface area contributed by atoms with Gasteiger partial charge in [-0.2, -0.15) is 0 Å². The molecule has 6 heteroatoms. The number of benzene rings is 1. The SMILES string of the molecule is COCC(O)CN(C)C(=O)c1c[nH]c2cccc(Br)c12. The molecule has 20 heavy (non-hydrogen) atoms. The summed E-state index contributed by atoms with van der Waals surface area (Å²) in [4.78, 5) is 17.0. The second-order valence-electron chi connectivity index (χ2n) is 4.66. The number of halogens is 1. The predicted octanol–water partition coefficient (Wildman–Crippen LogP) is 2.01. The molecule has 0 aliphatic rings. The van der Waals surface area contributed by atoms with Crippen LogP contribution in [0.5, 0.6) is 0 Å². The normalized spacial score (nSPS) is 12.6. The van der Waals surface area contributed by atoms with Crippen LogP contribution in [0.1, 0.15) is 10.4 Å². The summed E-state index contributed by atoms with van der Waals surface area (Å²) in [6.45, 7) is 0.430. The lowest BCUT2D eigenvalue weighted by molar-refractivity contribution is 0.0381. The van der Waals surface area contributed by atoms with E-state index in [1.165, 1.54) is 12.0 Å². The van der Waals surface area contributed by atoms with Crippen molar-refractivity contribution in [3.05, 3.63) is 34.4 Å². The van der Waals surface area contributed by atoms with E-state index in [1.54, 1.807) is 13.2 Å². The van der Waals surface area contributed by atoms with E-state index in [2.05, 4.69) is 20.9 Å². The van der Waals surface area contributed by atoms with Crippen molar-refractivity contribution in [2.45, 2.75) is 6.10 Å². The van der Waals surface area contributed by atoms with Crippen LogP contribution in [0.3, 0.4) is 0 Å². The molecule has 1 amide bonds. The molecule has 1 atom stereocenters. The van der Waals surface area contributed by atoms with Gasteiger partial charge in [0.2, 0.25) is 0 Å². The lowest BCUT2D eigenvalue weighted by Crippen LogP contribution is -2.36. The van der Waals surface area contributed by atoms with Crippen molar-refractivity contribution in [1.82, 2.24) is 9.88 Å². The predicted molar refractivity (Wildman–Crippen MR) is 80.8 cm³/mol. The average molecular weight is 341 g/mol. The standard InChI is InChI=1S/C14H17BrN2O3/c1-17(7-9(18)8-20-2)14(19)10-6-16-12-5-3-4-11(15)13(10)12/h3-6,9,16,18H,7-8H2,1-2H3. The minimum Gasteiger partial charge on any atom is -0.389 e. The van der Waals surface area contributed by atoms with Crippen molar-refractivity contribution in [3.8, 4) is 0 Å². The molecule has 1 unspecified atom stereocenters. The zero-order chi connectivity index (χ0) is 14.7. The maximum absolute atomic E-state index is 12.4. The van der Waals surface area contributed by atoms with Gasteiger partial charge in [-0.1, -0.05) is 22.0 Å². The van der Waals surface area contributed by atoms with Crippen LogP contribution in [0.15, 0.2) is 28.9 Å². The zero-order valence-electron chi connectivity index (χ0n) is 11.4. The fourth-order valence-corrected chi connectivity index (χ4v) is 2.74.